The van der Waals surface area contributed by atoms with E-state index in [1.54, 1.807) is 12.1 Å². The molecule has 1 aliphatic rings. The molecule has 2 nitrogen and oxygen atoms in total. The van der Waals surface area contributed by atoms with Crippen LogP contribution in [-0.2, 0) is 4.74 Å². The number of nitrogens with one attached hydrogen (secondary N) is 1. The Balaban J connectivity index is 2.22. The van der Waals surface area contributed by atoms with Gasteiger partial charge >= 0.3 is 0 Å². The lowest BCUT2D eigenvalue weighted by Gasteiger charge is -2.31. The van der Waals surface area contributed by atoms with Gasteiger partial charge in [-0.05, 0) is 59.7 Å². The van der Waals surface area contributed by atoms with Crippen molar-refractivity contribution in [3.05, 3.63) is 33.1 Å². The summed E-state index contributed by atoms with van der Waals surface area (Å²) in [5, 5.41) is 3.52. The lowest BCUT2D eigenvalue weighted by molar-refractivity contribution is 0.0391. The van der Waals surface area contributed by atoms with E-state index in [0.717, 1.165) is 29.7 Å². The molecule has 0 saturated carbocycles. The summed E-state index contributed by atoms with van der Waals surface area (Å²) in [6.45, 7) is 4.68. The molecule has 1 fully saturated rings. The van der Waals surface area contributed by atoms with Crippen molar-refractivity contribution < 1.29 is 9.13 Å². The molecule has 1 aromatic rings. The van der Waals surface area contributed by atoms with Crippen molar-refractivity contribution in [3.63, 3.8) is 0 Å². The largest absolute Gasteiger partial charge is 0.381 e. The van der Waals surface area contributed by atoms with Crippen molar-refractivity contribution in [3.8, 4) is 0 Å². The Bertz CT molecular complexity index is 393. The van der Waals surface area contributed by atoms with Crippen LogP contribution in [0.3, 0.4) is 0 Å². The van der Waals surface area contributed by atoms with Crippen molar-refractivity contribution in [2.24, 2.45) is 5.92 Å². The zero-order valence-corrected chi connectivity index (χ0v) is 12.7. The third-order valence-electron chi connectivity index (χ3n) is 3.39. The fourth-order valence-electron chi connectivity index (χ4n) is 2.53. The molecule has 18 heavy (non-hydrogen) atoms. The van der Waals surface area contributed by atoms with Crippen LogP contribution < -0.4 is 5.32 Å². The molecule has 1 aromatic carbocycles. The molecule has 100 valence electrons. The van der Waals surface area contributed by atoms with Gasteiger partial charge in [-0.3, -0.25) is 0 Å². The SMILES string of the molecule is CCNC(c1ccc(F)cc1I)C1CCCOC1. The average molecular weight is 363 g/mol. The van der Waals surface area contributed by atoms with Gasteiger partial charge in [0.05, 0.1) is 6.61 Å². The highest BCUT2D eigenvalue weighted by Crippen LogP contribution is 2.31. The van der Waals surface area contributed by atoms with Crippen LogP contribution in [0.15, 0.2) is 18.2 Å². The minimum absolute atomic E-state index is 0.168. The van der Waals surface area contributed by atoms with Gasteiger partial charge in [0.2, 0.25) is 0 Å². The average Bonchev–Trinajstić information content (AvgIpc) is 2.38. The standard InChI is InChI=1S/C14H19FINO/c1-2-17-14(10-4-3-7-18-9-10)12-6-5-11(15)8-13(12)16/h5-6,8,10,14,17H,2-4,7,9H2,1H3. The summed E-state index contributed by atoms with van der Waals surface area (Å²) in [5.41, 5.74) is 1.19. The Morgan fingerprint density at radius 2 is 2.39 bits per heavy atom. The van der Waals surface area contributed by atoms with E-state index in [-0.39, 0.29) is 11.9 Å². The maximum Gasteiger partial charge on any atom is 0.124 e. The molecule has 0 bridgehead atoms. The van der Waals surface area contributed by atoms with E-state index in [1.807, 2.05) is 6.07 Å². The molecule has 0 amide bonds. The third kappa shape index (κ3) is 3.42. The monoisotopic (exact) mass is 363 g/mol. The molecule has 2 unspecified atom stereocenters. The van der Waals surface area contributed by atoms with E-state index in [1.165, 1.54) is 12.0 Å². The Labute approximate surface area is 121 Å². The second kappa shape index (κ2) is 6.82. The Hall–Kier alpha value is -0.200. The molecule has 4 heteroatoms. The van der Waals surface area contributed by atoms with Gasteiger partial charge in [0.15, 0.2) is 0 Å². The first-order valence-corrected chi connectivity index (χ1v) is 7.56. The first kappa shape index (κ1) is 14.2. The van der Waals surface area contributed by atoms with Crippen molar-refractivity contribution in [2.75, 3.05) is 19.8 Å². The number of halogens is 2. The van der Waals surface area contributed by atoms with Gasteiger partial charge < -0.3 is 10.1 Å². The Morgan fingerprint density at radius 3 is 3.00 bits per heavy atom. The van der Waals surface area contributed by atoms with Crippen LogP contribution in [0.25, 0.3) is 0 Å². The lowest BCUT2D eigenvalue weighted by atomic mass is 9.88. The molecule has 2 atom stereocenters. The van der Waals surface area contributed by atoms with Crippen LogP contribution in [0.4, 0.5) is 4.39 Å². The van der Waals surface area contributed by atoms with E-state index in [2.05, 4.69) is 34.8 Å². The lowest BCUT2D eigenvalue weighted by Crippen LogP contribution is -2.33. The highest BCUT2D eigenvalue weighted by atomic mass is 127. The number of rotatable bonds is 4. The zero-order chi connectivity index (χ0) is 13.0. The predicted molar refractivity (Wildman–Crippen MR) is 79.1 cm³/mol. The first-order valence-electron chi connectivity index (χ1n) is 6.48. The van der Waals surface area contributed by atoms with Crippen LogP contribution in [-0.4, -0.2) is 19.8 Å². The van der Waals surface area contributed by atoms with E-state index in [4.69, 9.17) is 4.74 Å². The summed E-state index contributed by atoms with van der Waals surface area (Å²) >= 11 is 2.22. The highest BCUT2D eigenvalue weighted by Gasteiger charge is 2.26. The Kier molecular flexibility index (Phi) is 5.38. The first-order chi connectivity index (χ1) is 8.72. The molecule has 0 spiro atoms. The van der Waals surface area contributed by atoms with Gasteiger partial charge in [0, 0.05) is 22.1 Å². The fourth-order valence-corrected chi connectivity index (χ4v) is 3.35. The zero-order valence-electron chi connectivity index (χ0n) is 10.6. The van der Waals surface area contributed by atoms with Gasteiger partial charge in [-0.25, -0.2) is 4.39 Å². The summed E-state index contributed by atoms with van der Waals surface area (Å²) in [7, 11) is 0. The molecule has 0 aliphatic carbocycles. The van der Waals surface area contributed by atoms with Crippen molar-refractivity contribution in [1.29, 1.82) is 0 Å². The molecular formula is C14H19FINO. The van der Waals surface area contributed by atoms with E-state index in [0.29, 0.717) is 5.92 Å². The van der Waals surface area contributed by atoms with E-state index < -0.39 is 0 Å². The van der Waals surface area contributed by atoms with Crippen LogP contribution in [0, 0.1) is 15.3 Å². The Morgan fingerprint density at radius 1 is 1.56 bits per heavy atom. The van der Waals surface area contributed by atoms with Crippen LogP contribution >= 0.6 is 22.6 Å². The molecule has 1 saturated heterocycles. The minimum Gasteiger partial charge on any atom is -0.381 e. The van der Waals surface area contributed by atoms with Crippen LogP contribution in [0.1, 0.15) is 31.4 Å². The quantitative estimate of drug-likeness (QED) is 0.827. The number of hydrogen-bond donors (Lipinski definition) is 1. The third-order valence-corrected chi connectivity index (χ3v) is 4.32. The van der Waals surface area contributed by atoms with E-state index >= 15 is 0 Å². The fraction of sp³-hybridized carbons (Fsp3) is 0.571. The van der Waals surface area contributed by atoms with Crippen molar-refractivity contribution in [2.45, 2.75) is 25.8 Å². The summed E-state index contributed by atoms with van der Waals surface area (Å²) < 4.78 is 19.8. The van der Waals surface area contributed by atoms with Crippen LogP contribution in [0.5, 0.6) is 0 Å². The number of benzene rings is 1. The number of ether oxygens (including phenoxy) is 1. The smallest absolute Gasteiger partial charge is 0.124 e. The van der Waals surface area contributed by atoms with Gasteiger partial charge in [-0.2, -0.15) is 0 Å². The molecule has 0 aromatic heterocycles. The molecule has 1 N–H and O–H groups in total. The predicted octanol–water partition coefficient (Wildman–Crippen LogP) is 3.51. The summed E-state index contributed by atoms with van der Waals surface area (Å²) in [5.74, 6) is 0.316. The number of hydrogen-bond acceptors (Lipinski definition) is 2. The topological polar surface area (TPSA) is 21.3 Å². The van der Waals surface area contributed by atoms with Crippen molar-refractivity contribution in [1.82, 2.24) is 5.32 Å². The second-order valence-corrected chi connectivity index (χ2v) is 5.84. The molecule has 2 rings (SSSR count). The minimum atomic E-state index is -0.168. The normalized spacial score (nSPS) is 21.8. The maximum absolute atomic E-state index is 13.2. The van der Waals surface area contributed by atoms with Gasteiger partial charge in [0.25, 0.3) is 0 Å². The highest BCUT2D eigenvalue weighted by molar-refractivity contribution is 14.1. The van der Waals surface area contributed by atoms with E-state index in [9.17, 15) is 4.39 Å². The molecule has 0 radical (unpaired) electrons. The van der Waals surface area contributed by atoms with Gasteiger partial charge in [-0.1, -0.05) is 13.0 Å². The van der Waals surface area contributed by atoms with Crippen molar-refractivity contribution >= 4 is 22.6 Å². The molecular weight excluding hydrogens is 344 g/mol. The van der Waals surface area contributed by atoms with Gasteiger partial charge in [0.1, 0.15) is 5.82 Å². The summed E-state index contributed by atoms with van der Waals surface area (Å²) in [6.07, 6.45) is 2.29. The van der Waals surface area contributed by atoms with Gasteiger partial charge in [-0.15, -0.1) is 0 Å². The maximum atomic E-state index is 13.2. The summed E-state index contributed by atoms with van der Waals surface area (Å²) in [6, 6.07) is 5.32. The molecule has 1 heterocycles. The molecule has 1 aliphatic heterocycles. The summed E-state index contributed by atoms with van der Waals surface area (Å²) in [4.78, 5) is 0. The second-order valence-electron chi connectivity index (χ2n) is 4.68. The van der Waals surface area contributed by atoms with Crippen LogP contribution in [0.2, 0.25) is 0 Å².